The number of nitrogen functional groups attached to an aromatic ring is 1. The molecule has 5 nitrogen and oxygen atoms in total. The quantitative estimate of drug-likeness (QED) is 0.795. The van der Waals surface area contributed by atoms with E-state index in [1.807, 2.05) is 13.8 Å². The van der Waals surface area contributed by atoms with E-state index in [4.69, 9.17) is 12.3 Å². The lowest BCUT2D eigenvalue weighted by molar-refractivity contribution is 0.475. The van der Waals surface area contributed by atoms with Gasteiger partial charge in [0.05, 0.1) is 11.4 Å². The number of hydrogen-bond acceptors (Lipinski definition) is 3. The van der Waals surface area contributed by atoms with Gasteiger partial charge < -0.3 is 15.7 Å². The maximum absolute atomic E-state index is 9.26. The Bertz CT molecular complexity index is 605. The molecule has 0 aliphatic heterocycles. The molecule has 0 saturated heterocycles. The number of benzene rings is 1. The molecule has 3 N–H and O–H groups in total. The third-order valence-electron chi connectivity index (χ3n) is 2.67. The van der Waals surface area contributed by atoms with E-state index in [0.717, 1.165) is 0 Å². The summed E-state index contributed by atoms with van der Waals surface area (Å²) >= 11 is 0. The molecular formula is C13H14N4O. The van der Waals surface area contributed by atoms with Crippen molar-refractivity contribution in [2.24, 2.45) is 0 Å². The highest BCUT2D eigenvalue weighted by atomic mass is 16.3. The second-order valence-corrected chi connectivity index (χ2v) is 4.32. The first-order valence-corrected chi connectivity index (χ1v) is 5.60. The topological polar surface area (TPSA) is 68.4 Å². The zero-order valence-corrected chi connectivity index (χ0v) is 10.3. The van der Waals surface area contributed by atoms with Crippen LogP contribution < -0.4 is 5.73 Å². The van der Waals surface area contributed by atoms with Crippen molar-refractivity contribution in [2.75, 3.05) is 5.73 Å². The Morgan fingerprint density at radius 3 is 2.44 bits per heavy atom. The van der Waals surface area contributed by atoms with Gasteiger partial charge in [-0.05, 0) is 24.3 Å². The summed E-state index contributed by atoms with van der Waals surface area (Å²) < 4.78 is 1.51. The molecule has 18 heavy (non-hydrogen) atoms. The van der Waals surface area contributed by atoms with Crippen LogP contribution >= 0.6 is 0 Å². The summed E-state index contributed by atoms with van der Waals surface area (Å²) in [7, 11) is 0. The maximum atomic E-state index is 9.26. The van der Waals surface area contributed by atoms with Gasteiger partial charge in [0.1, 0.15) is 11.4 Å². The summed E-state index contributed by atoms with van der Waals surface area (Å²) in [6.45, 7) is 11.2. The molecule has 0 atom stereocenters. The van der Waals surface area contributed by atoms with E-state index in [-0.39, 0.29) is 11.7 Å². The Labute approximate surface area is 105 Å². The minimum atomic E-state index is 0.156. The standard InChI is InChI=1S/C13H14N4O/c1-8(2)12-11(14)13(15-3)17(16-12)9-4-6-10(18)7-5-9/h4-8,18H,14H2,1-2H3. The molecule has 1 heterocycles. The fourth-order valence-electron chi connectivity index (χ4n) is 1.75. The fraction of sp³-hybridized carbons (Fsp3) is 0.231. The van der Waals surface area contributed by atoms with Crippen LogP contribution in [0.3, 0.4) is 0 Å². The van der Waals surface area contributed by atoms with Gasteiger partial charge in [0.25, 0.3) is 5.82 Å². The van der Waals surface area contributed by atoms with Gasteiger partial charge in [-0.1, -0.05) is 25.5 Å². The summed E-state index contributed by atoms with van der Waals surface area (Å²) in [5.41, 5.74) is 7.78. The summed E-state index contributed by atoms with van der Waals surface area (Å²) in [4.78, 5) is 3.43. The largest absolute Gasteiger partial charge is 0.508 e. The van der Waals surface area contributed by atoms with E-state index in [0.29, 0.717) is 22.9 Å². The maximum Gasteiger partial charge on any atom is 0.280 e. The van der Waals surface area contributed by atoms with E-state index >= 15 is 0 Å². The summed E-state index contributed by atoms with van der Waals surface area (Å²) in [5.74, 6) is 0.639. The molecule has 1 aromatic carbocycles. The number of aromatic hydroxyl groups is 1. The lowest BCUT2D eigenvalue weighted by atomic mass is 10.1. The number of hydrogen-bond donors (Lipinski definition) is 2. The first-order valence-electron chi connectivity index (χ1n) is 5.60. The lowest BCUT2D eigenvalue weighted by Crippen LogP contribution is -1.97. The smallest absolute Gasteiger partial charge is 0.280 e. The Morgan fingerprint density at radius 1 is 1.33 bits per heavy atom. The minimum absolute atomic E-state index is 0.156. The molecule has 0 amide bonds. The van der Waals surface area contributed by atoms with E-state index in [1.165, 1.54) is 4.68 Å². The Morgan fingerprint density at radius 2 is 1.94 bits per heavy atom. The van der Waals surface area contributed by atoms with Gasteiger partial charge in [-0.3, -0.25) is 0 Å². The summed E-state index contributed by atoms with van der Waals surface area (Å²) in [6, 6.07) is 6.49. The monoisotopic (exact) mass is 242 g/mol. The van der Waals surface area contributed by atoms with Crippen molar-refractivity contribution in [1.82, 2.24) is 9.78 Å². The number of aromatic nitrogens is 2. The third kappa shape index (κ3) is 1.89. The summed E-state index contributed by atoms with van der Waals surface area (Å²) in [6.07, 6.45) is 0. The van der Waals surface area contributed by atoms with Crippen LogP contribution in [-0.2, 0) is 0 Å². The van der Waals surface area contributed by atoms with Crippen LogP contribution in [0.2, 0.25) is 0 Å². The molecule has 92 valence electrons. The highest BCUT2D eigenvalue weighted by Crippen LogP contribution is 2.33. The van der Waals surface area contributed by atoms with Crippen LogP contribution in [0.4, 0.5) is 11.5 Å². The fourth-order valence-corrected chi connectivity index (χ4v) is 1.75. The Hall–Kier alpha value is -2.48. The lowest BCUT2D eigenvalue weighted by Gasteiger charge is -1.99. The second kappa shape index (κ2) is 4.41. The number of rotatable bonds is 2. The normalized spacial score (nSPS) is 10.6. The van der Waals surface area contributed by atoms with Crippen molar-refractivity contribution in [3.05, 3.63) is 41.4 Å². The van der Waals surface area contributed by atoms with Gasteiger partial charge >= 0.3 is 0 Å². The molecule has 0 spiro atoms. The molecule has 0 aliphatic carbocycles. The molecule has 0 bridgehead atoms. The molecule has 0 fully saturated rings. The van der Waals surface area contributed by atoms with Gasteiger partial charge in [-0.15, -0.1) is 0 Å². The van der Waals surface area contributed by atoms with E-state index in [9.17, 15) is 5.11 Å². The average Bonchev–Trinajstić information content (AvgIpc) is 2.67. The van der Waals surface area contributed by atoms with Gasteiger partial charge in [0.15, 0.2) is 0 Å². The molecule has 1 aromatic heterocycles. The average molecular weight is 242 g/mol. The van der Waals surface area contributed by atoms with Crippen LogP contribution in [0.5, 0.6) is 5.75 Å². The molecule has 2 rings (SSSR count). The zero-order chi connectivity index (χ0) is 13.3. The van der Waals surface area contributed by atoms with Crippen LogP contribution in [-0.4, -0.2) is 14.9 Å². The highest BCUT2D eigenvalue weighted by molar-refractivity contribution is 5.69. The number of nitrogens with two attached hydrogens (primary N) is 1. The molecule has 0 aliphatic rings. The number of anilines is 1. The highest BCUT2D eigenvalue weighted by Gasteiger charge is 2.20. The van der Waals surface area contributed by atoms with Crippen LogP contribution in [0, 0.1) is 6.57 Å². The predicted octanol–water partition coefficient (Wildman–Crippen LogP) is 2.83. The Balaban J connectivity index is 2.61. The van der Waals surface area contributed by atoms with E-state index < -0.39 is 0 Å². The van der Waals surface area contributed by atoms with Gasteiger partial charge in [-0.25, -0.2) is 0 Å². The predicted molar refractivity (Wildman–Crippen MR) is 70.0 cm³/mol. The third-order valence-corrected chi connectivity index (χ3v) is 2.67. The molecule has 5 heteroatoms. The van der Waals surface area contributed by atoms with Crippen LogP contribution in [0.15, 0.2) is 24.3 Å². The SMILES string of the molecule is [C-]#[N+]c1c(N)c(C(C)C)nn1-c1ccc(O)cc1. The number of nitrogens with zero attached hydrogens (tertiary/aromatic N) is 3. The number of phenolic OH excluding ortho intramolecular Hbond substituents is 1. The molecule has 0 saturated carbocycles. The molecule has 2 aromatic rings. The van der Waals surface area contributed by atoms with Crippen molar-refractivity contribution >= 4 is 11.5 Å². The van der Waals surface area contributed by atoms with Crippen LogP contribution in [0.25, 0.3) is 10.5 Å². The molecule has 0 unspecified atom stereocenters. The van der Waals surface area contributed by atoms with Crippen molar-refractivity contribution in [2.45, 2.75) is 19.8 Å². The van der Waals surface area contributed by atoms with E-state index in [2.05, 4.69) is 9.94 Å². The van der Waals surface area contributed by atoms with E-state index in [1.54, 1.807) is 24.3 Å². The summed E-state index contributed by atoms with van der Waals surface area (Å²) in [5, 5.41) is 13.6. The zero-order valence-electron chi connectivity index (χ0n) is 10.3. The van der Waals surface area contributed by atoms with Crippen molar-refractivity contribution in [3.63, 3.8) is 0 Å². The molecule has 0 radical (unpaired) electrons. The van der Waals surface area contributed by atoms with Crippen molar-refractivity contribution < 1.29 is 5.11 Å². The first-order chi connectivity index (χ1) is 8.54. The minimum Gasteiger partial charge on any atom is -0.508 e. The van der Waals surface area contributed by atoms with Crippen LogP contribution in [0.1, 0.15) is 25.5 Å². The van der Waals surface area contributed by atoms with Gasteiger partial charge in [0, 0.05) is 5.92 Å². The van der Waals surface area contributed by atoms with Crippen molar-refractivity contribution in [3.8, 4) is 11.4 Å². The first kappa shape index (κ1) is 12.0. The number of phenols is 1. The van der Waals surface area contributed by atoms with Gasteiger partial charge in [-0.2, -0.15) is 4.68 Å². The second-order valence-electron chi connectivity index (χ2n) is 4.32. The van der Waals surface area contributed by atoms with Crippen molar-refractivity contribution in [1.29, 1.82) is 0 Å². The van der Waals surface area contributed by atoms with Gasteiger partial charge in [0.2, 0.25) is 0 Å². The Kier molecular flexibility index (Phi) is 2.94. The molecular weight excluding hydrogens is 228 g/mol.